The predicted molar refractivity (Wildman–Crippen MR) is 80.1 cm³/mol. The molecule has 0 aliphatic carbocycles. The van der Waals surface area contributed by atoms with Crippen LogP contribution in [0, 0.1) is 0 Å². The molecule has 1 amide bonds. The highest BCUT2D eigenvalue weighted by Crippen LogP contribution is 2.28. The van der Waals surface area contributed by atoms with Gasteiger partial charge in [-0.15, -0.1) is 10.2 Å². The number of H-pyrrole nitrogens is 1. The number of piperidine rings is 1. The van der Waals surface area contributed by atoms with Crippen LogP contribution in [0.25, 0.3) is 0 Å². The molecule has 1 unspecified atom stereocenters. The zero-order chi connectivity index (χ0) is 15.5. The van der Waals surface area contributed by atoms with Crippen molar-refractivity contribution in [1.82, 2.24) is 25.5 Å². The number of halogens is 1. The maximum Gasteiger partial charge on any atom is 0.257 e. The number of aromatic nitrogens is 4. The summed E-state index contributed by atoms with van der Waals surface area (Å²) in [5.74, 6) is 1.18. The summed E-state index contributed by atoms with van der Waals surface area (Å²) in [4.78, 5) is 14.6. The minimum atomic E-state index is -0.0902. The van der Waals surface area contributed by atoms with Crippen molar-refractivity contribution in [2.75, 3.05) is 20.2 Å². The van der Waals surface area contributed by atoms with Crippen LogP contribution in [0.4, 0.5) is 0 Å². The standard InChI is InChI=1S/C14H16ClN5O2/c1-22-12-5-4-10(15)7-11(12)14(21)20-6-2-3-9(8-20)13-16-18-19-17-13/h4-5,7,9H,2-3,6,8H2,1H3,(H,16,17,18,19). The van der Waals surface area contributed by atoms with Gasteiger partial charge in [-0.1, -0.05) is 16.8 Å². The van der Waals surface area contributed by atoms with Gasteiger partial charge >= 0.3 is 0 Å². The molecule has 1 aliphatic heterocycles. The average molecular weight is 322 g/mol. The second-order valence-corrected chi connectivity index (χ2v) is 5.64. The lowest BCUT2D eigenvalue weighted by molar-refractivity contribution is 0.0701. The molecule has 1 atom stereocenters. The van der Waals surface area contributed by atoms with Gasteiger partial charge in [-0.3, -0.25) is 4.79 Å². The Bertz CT molecular complexity index is 661. The highest BCUT2D eigenvalue weighted by Gasteiger charge is 2.29. The summed E-state index contributed by atoms with van der Waals surface area (Å²) in [7, 11) is 1.54. The average Bonchev–Trinajstić information content (AvgIpc) is 3.09. The molecule has 0 bridgehead atoms. The lowest BCUT2D eigenvalue weighted by atomic mass is 9.96. The second kappa shape index (κ2) is 6.31. The Labute approximate surface area is 132 Å². The van der Waals surface area contributed by atoms with Gasteiger partial charge in [0.2, 0.25) is 0 Å². The predicted octanol–water partition coefficient (Wildman–Crippen LogP) is 1.88. The smallest absolute Gasteiger partial charge is 0.257 e. The summed E-state index contributed by atoms with van der Waals surface area (Å²) in [5, 5.41) is 14.6. The Morgan fingerprint density at radius 3 is 3.09 bits per heavy atom. The molecule has 1 aliphatic rings. The van der Waals surface area contributed by atoms with E-state index in [4.69, 9.17) is 16.3 Å². The summed E-state index contributed by atoms with van der Waals surface area (Å²) in [6, 6.07) is 5.05. The number of likely N-dealkylation sites (tertiary alicyclic amines) is 1. The van der Waals surface area contributed by atoms with Gasteiger partial charge in [-0.2, -0.15) is 5.21 Å². The molecular weight excluding hydrogens is 306 g/mol. The SMILES string of the molecule is COc1ccc(Cl)cc1C(=O)N1CCCC(c2nn[nH]n2)C1. The lowest BCUT2D eigenvalue weighted by Crippen LogP contribution is -2.39. The molecular formula is C14H16ClN5O2. The third-order valence-electron chi connectivity index (χ3n) is 3.83. The Kier molecular flexibility index (Phi) is 4.24. The maximum atomic E-state index is 12.8. The first kappa shape index (κ1) is 14.8. The van der Waals surface area contributed by atoms with E-state index in [1.165, 1.54) is 0 Å². The summed E-state index contributed by atoms with van der Waals surface area (Å²) in [5.41, 5.74) is 0.476. The van der Waals surface area contributed by atoms with Crippen LogP contribution in [0.1, 0.15) is 34.9 Å². The molecule has 1 N–H and O–H groups in total. The minimum absolute atomic E-state index is 0.0902. The molecule has 0 saturated carbocycles. The number of benzene rings is 1. The van der Waals surface area contributed by atoms with Crippen molar-refractivity contribution in [2.45, 2.75) is 18.8 Å². The number of hydrogen-bond donors (Lipinski definition) is 1. The number of carbonyl (C=O) groups is 1. The Hall–Kier alpha value is -2.15. The first-order chi connectivity index (χ1) is 10.7. The first-order valence-electron chi connectivity index (χ1n) is 7.05. The summed E-state index contributed by atoms with van der Waals surface area (Å²) < 4.78 is 5.27. The van der Waals surface area contributed by atoms with E-state index < -0.39 is 0 Å². The van der Waals surface area contributed by atoms with E-state index in [0.717, 1.165) is 12.8 Å². The highest BCUT2D eigenvalue weighted by atomic mass is 35.5. The quantitative estimate of drug-likeness (QED) is 0.933. The fourth-order valence-electron chi connectivity index (χ4n) is 2.73. The second-order valence-electron chi connectivity index (χ2n) is 5.20. The largest absolute Gasteiger partial charge is 0.496 e. The summed E-state index contributed by atoms with van der Waals surface area (Å²) in [6.45, 7) is 1.26. The molecule has 1 aromatic carbocycles. The number of amides is 1. The molecule has 1 saturated heterocycles. The van der Waals surface area contributed by atoms with E-state index in [2.05, 4.69) is 20.6 Å². The molecule has 0 spiro atoms. The number of ether oxygens (including phenoxy) is 1. The van der Waals surface area contributed by atoms with Crippen LogP contribution in [0.5, 0.6) is 5.75 Å². The zero-order valence-electron chi connectivity index (χ0n) is 12.1. The third kappa shape index (κ3) is 2.89. The Morgan fingerprint density at radius 1 is 1.50 bits per heavy atom. The fraction of sp³-hybridized carbons (Fsp3) is 0.429. The van der Waals surface area contributed by atoms with Gasteiger partial charge < -0.3 is 9.64 Å². The Morgan fingerprint density at radius 2 is 2.36 bits per heavy atom. The molecule has 3 rings (SSSR count). The number of rotatable bonds is 3. The number of aromatic amines is 1. The number of nitrogens with zero attached hydrogens (tertiary/aromatic N) is 4. The Balaban J connectivity index is 1.81. The number of methoxy groups -OCH3 is 1. The molecule has 7 nitrogen and oxygen atoms in total. The molecule has 22 heavy (non-hydrogen) atoms. The highest BCUT2D eigenvalue weighted by molar-refractivity contribution is 6.31. The number of tetrazole rings is 1. The van der Waals surface area contributed by atoms with Gasteiger partial charge in [0, 0.05) is 24.0 Å². The van der Waals surface area contributed by atoms with E-state index in [-0.39, 0.29) is 11.8 Å². The van der Waals surface area contributed by atoms with Gasteiger partial charge in [0.15, 0.2) is 5.82 Å². The monoisotopic (exact) mass is 321 g/mol. The molecule has 2 heterocycles. The van der Waals surface area contributed by atoms with E-state index in [1.807, 2.05) is 0 Å². The first-order valence-corrected chi connectivity index (χ1v) is 7.43. The van der Waals surface area contributed by atoms with Crippen molar-refractivity contribution in [1.29, 1.82) is 0 Å². The van der Waals surface area contributed by atoms with Crippen molar-refractivity contribution in [3.05, 3.63) is 34.6 Å². The molecule has 116 valence electrons. The fourth-order valence-corrected chi connectivity index (χ4v) is 2.90. The number of hydrogen-bond acceptors (Lipinski definition) is 5. The zero-order valence-corrected chi connectivity index (χ0v) is 12.9. The van der Waals surface area contributed by atoms with Gasteiger partial charge in [0.25, 0.3) is 5.91 Å². The van der Waals surface area contributed by atoms with E-state index in [0.29, 0.717) is 35.2 Å². The van der Waals surface area contributed by atoms with Crippen molar-refractivity contribution in [2.24, 2.45) is 0 Å². The summed E-state index contributed by atoms with van der Waals surface area (Å²) >= 11 is 6.01. The number of carbonyl (C=O) groups excluding carboxylic acids is 1. The van der Waals surface area contributed by atoms with Crippen LogP contribution in [0.15, 0.2) is 18.2 Å². The molecule has 8 heteroatoms. The molecule has 1 fully saturated rings. The maximum absolute atomic E-state index is 12.8. The van der Waals surface area contributed by atoms with Crippen LogP contribution in [0.2, 0.25) is 5.02 Å². The van der Waals surface area contributed by atoms with Crippen molar-refractivity contribution < 1.29 is 9.53 Å². The normalized spacial score (nSPS) is 18.3. The van der Waals surface area contributed by atoms with Crippen LogP contribution in [-0.2, 0) is 0 Å². The van der Waals surface area contributed by atoms with Crippen LogP contribution >= 0.6 is 11.6 Å². The molecule has 0 radical (unpaired) electrons. The molecule has 1 aromatic heterocycles. The van der Waals surface area contributed by atoms with Crippen LogP contribution < -0.4 is 4.74 Å². The van der Waals surface area contributed by atoms with Gasteiger partial charge in [0.1, 0.15) is 5.75 Å². The van der Waals surface area contributed by atoms with E-state index >= 15 is 0 Å². The van der Waals surface area contributed by atoms with Gasteiger partial charge in [-0.05, 0) is 31.0 Å². The topological polar surface area (TPSA) is 84.0 Å². The summed E-state index contributed by atoms with van der Waals surface area (Å²) in [6.07, 6.45) is 1.84. The van der Waals surface area contributed by atoms with E-state index in [9.17, 15) is 4.79 Å². The van der Waals surface area contributed by atoms with Crippen LogP contribution in [0.3, 0.4) is 0 Å². The minimum Gasteiger partial charge on any atom is -0.496 e. The van der Waals surface area contributed by atoms with Crippen molar-refractivity contribution >= 4 is 17.5 Å². The van der Waals surface area contributed by atoms with E-state index in [1.54, 1.807) is 30.2 Å². The third-order valence-corrected chi connectivity index (χ3v) is 4.06. The van der Waals surface area contributed by atoms with Crippen molar-refractivity contribution in [3.8, 4) is 5.75 Å². The lowest BCUT2D eigenvalue weighted by Gasteiger charge is -2.31. The molecule has 2 aromatic rings. The van der Waals surface area contributed by atoms with Crippen LogP contribution in [-0.4, -0.2) is 51.6 Å². The number of nitrogens with one attached hydrogen (secondary N) is 1. The van der Waals surface area contributed by atoms with Crippen molar-refractivity contribution in [3.63, 3.8) is 0 Å². The van der Waals surface area contributed by atoms with Gasteiger partial charge in [-0.25, -0.2) is 0 Å². The van der Waals surface area contributed by atoms with Gasteiger partial charge in [0.05, 0.1) is 12.7 Å².